The first-order valence-corrected chi connectivity index (χ1v) is 7.26. The summed E-state index contributed by atoms with van der Waals surface area (Å²) in [5.41, 5.74) is 8.34. The summed E-state index contributed by atoms with van der Waals surface area (Å²) < 4.78 is 0. The summed E-state index contributed by atoms with van der Waals surface area (Å²) in [7, 11) is 0. The topological polar surface area (TPSA) is 82.1 Å². The standard InChI is InChI=1S/C16H18N6/c1-12-4-5-19-16(14(12)10-17)22-8-6-21(7-9-22)13-2-3-15(18)20-11-13/h2-5,11H,6-9H2,1H3,(H2,18,20). The van der Waals surface area contributed by atoms with Crippen LogP contribution in [0.15, 0.2) is 30.6 Å². The Labute approximate surface area is 129 Å². The maximum Gasteiger partial charge on any atom is 0.146 e. The minimum absolute atomic E-state index is 0.532. The maximum atomic E-state index is 9.34. The maximum absolute atomic E-state index is 9.34. The zero-order valence-electron chi connectivity index (χ0n) is 12.5. The molecule has 0 radical (unpaired) electrons. The van der Waals surface area contributed by atoms with Gasteiger partial charge in [-0.05, 0) is 30.7 Å². The van der Waals surface area contributed by atoms with Crippen LogP contribution in [0.1, 0.15) is 11.1 Å². The molecule has 0 aromatic carbocycles. The van der Waals surface area contributed by atoms with Crippen molar-refractivity contribution in [2.75, 3.05) is 41.7 Å². The van der Waals surface area contributed by atoms with Gasteiger partial charge in [-0.2, -0.15) is 5.26 Å². The molecule has 0 atom stereocenters. The molecular formula is C16H18N6. The Morgan fingerprint density at radius 3 is 2.45 bits per heavy atom. The van der Waals surface area contributed by atoms with Gasteiger partial charge in [-0.15, -0.1) is 0 Å². The number of rotatable bonds is 2. The molecule has 2 aromatic rings. The van der Waals surface area contributed by atoms with Crippen molar-refractivity contribution in [3.8, 4) is 6.07 Å². The van der Waals surface area contributed by atoms with E-state index in [9.17, 15) is 5.26 Å². The van der Waals surface area contributed by atoms with Crippen molar-refractivity contribution in [2.45, 2.75) is 6.92 Å². The highest BCUT2D eigenvalue weighted by Gasteiger charge is 2.21. The van der Waals surface area contributed by atoms with E-state index in [0.29, 0.717) is 11.4 Å². The number of pyridine rings is 2. The second kappa shape index (κ2) is 5.90. The predicted molar refractivity (Wildman–Crippen MR) is 86.8 cm³/mol. The average molecular weight is 294 g/mol. The van der Waals surface area contributed by atoms with Gasteiger partial charge in [-0.25, -0.2) is 9.97 Å². The zero-order chi connectivity index (χ0) is 15.5. The van der Waals surface area contributed by atoms with E-state index in [1.807, 2.05) is 25.1 Å². The van der Waals surface area contributed by atoms with Crippen molar-refractivity contribution in [3.05, 3.63) is 41.7 Å². The van der Waals surface area contributed by atoms with Crippen LogP contribution in [0.5, 0.6) is 0 Å². The Morgan fingerprint density at radius 1 is 1.09 bits per heavy atom. The first-order valence-electron chi connectivity index (χ1n) is 7.26. The number of nitrogens with zero attached hydrogens (tertiary/aromatic N) is 5. The first kappa shape index (κ1) is 14.1. The molecule has 0 spiro atoms. The van der Waals surface area contributed by atoms with Gasteiger partial charge in [0.25, 0.3) is 0 Å². The normalized spacial score (nSPS) is 14.7. The molecule has 0 bridgehead atoms. The van der Waals surface area contributed by atoms with Crippen LogP contribution in [-0.4, -0.2) is 36.1 Å². The fraction of sp³-hybridized carbons (Fsp3) is 0.312. The fourth-order valence-electron chi connectivity index (χ4n) is 2.68. The van der Waals surface area contributed by atoms with Crippen molar-refractivity contribution in [2.24, 2.45) is 0 Å². The van der Waals surface area contributed by atoms with Gasteiger partial charge in [-0.3, -0.25) is 0 Å². The van der Waals surface area contributed by atoms with Crippen molar-refractivity contribution in [1.82, 2.24) is 9.97 Å². The molecule has 22 heavy (non-hydrogen) atoms. The zero-order valence-corrected chi connectivity index (χ0v) is 12.5. The minimum Gasteiger partial charge on any atom is -0.384 e. The molecule has 112 valence electrons. The molecule has 3 rings (SSSR count). The Balaban J connectivity index is 1.74. The summed E-state index contributed by atoms with van der Waals surface area (Å²) in [6.45, 7) is 5.34. The Hall–Kier alpha value is -2.81. The SMILES string of the molecule is Cc1ccnc(N2CCN(c3ccc(N)nc3)CC2)c1C#N. The number of anilines is 3. The van der Waals surface area contributed by atoms with E-state index in [0.717, 1.165) is 43.2 Å². The number of nitrogens with two attached hydrogens (primary N) is 1. The minimum atomic E-state index is 0.532. The molecule has 6 nitrogen and oxygen atoms in total. The van der Waals surface area contributed by atoms with E-state index < -0.39 is 0 Å². The molecule has 0 saturated carbocycles. The lowest BCUT2D eigenvalue weighted by atomic mass is 10.1. The van der Waals surface area contributed by atoms with Crippen LogP contribution in [0.4, 0.5) is 17.3 Å². The third-order valence-electron chi connectivity index (χ3n) is 3.97. The molecule has 2 N–H and O–H groups in total. The lowest BCUT2D eigenvalue weighted by Gasteiger charge is -2.37. The molecule has 1 fully saturated rings. The van der Waals surface area contributed by atoms with E-state index >= 15 is 0 Å². The van der Waals surface area contributed by atoms with Crippen LogP contribution in [0.25, 0.3) is 0 Å². The molecule has 6 heteroatoms. The van der Waals surface area contributed by atoms with E-state index in [1.165, 1.54) is 0 Å². The van der Waals surface area contributed by atoms with Crippen molar-refractivity contribution >= 4 is 17.3 Å². The van der Waals surface area contributed by atoms with Gasteiger partial charge in [0, 0.05) is 32.4 Å². The Morgan fingerprint density at radius 2 is 1.82 bits per heavy atom. The molecule has 1 aliphatic heterocycles. The number of nitrogen functional groups attached to an aromatic ring is 1. The Bertz CT molecular complexity index is 696. The van der Waals surface area contributed by atoms with Gasteiger partial charge < -0.3 is 15.5 Å². The second-order valence-corrected chi connectivity index (χ2v) is 5.35. The molecule has 3 heterocycles. The molecule has 0 unspecified atom stereocenters. The summed E-state index contributed by atoms with van der Waals surface area (Å²) >= 11 is 0. The first-order chi connectivity index (χ1) is 10.7. The van der Waals surface area contributed by atoms with Crippen LogP contribution in [0.3, 0.4) is 0 Å². The average Bonchev–Trinajstić information content (AvgIpc) is 2.55. The van der Waals surface area contributed by atoms with Crippen molar-refractivity contribution in [1.29, 1.82) is 5.26 Å². The number of piperazine rings is 1. The predicted octanol–water partition coefficient (Wildman–Crippen LogP) is 1.57. The molecule has 0 aliphatic carbocycles. The van der Waals surface area contributed by atoms with Gasteiger partial charge in [-0.1, -0.05) is 0 Å². The van der Waals surface area contributed by atoms with Gasteiger partial charge in [0.2, 0.25) is 0 Å². The molecule has 2 aromatic heterocycles. The number of aryl methyl sites for hydroxylation is 1. The second-order valence-electron chi connectivity index (χ2n) is 5.35. The quantitative estimate of drug-likeness (QED) is 0.905. The van der Waals surface area contributed by atoms with Gasteiger partial charge in [0.15, 0.2) is 0 Å². The highest BCUT2D eigenvalue weighted by atomic mass is 15.3. The van der Waals surface area contributed by atoms with Crippen LogP contribution in [-0.2, 0) is 0 Å². The van der Waals surface area contributed by atoms with Crippen LogP contribution in [0, 0.1) is 18.3 Å². The summed E-state index contributed by atoms with van der Waals surface area (Å²) in [5.74, 6) is 1.32. The summed E-state index contributed by atoms with van der Waals surface area (Å²) in [5, 5.41) is 9.34. The van der Waals surface area contributed by atoms with E-state index in [4.69, 9.17) is 5.73 Å². The third kappa shape index (κ3) is 2.66. The lowest BCUT2D eigenvalue weighted by Crippen LogP contribution is -2.47. The number of nitriles is 1. The monoisotopic (exact) mass is 294 g/mol. The van der Waals surface area contributed by atoms with Crippen molar-refractivity contribution in [3.63, 3.8) is 0 Å². The lowest BCUT2D eigenvalue weighted by molar-refractivity contribution is 0.646. The molecular weight excluding hydrogens is 276 g/mol. The van der Waals surface area contributed by atoms with Gasteiger partial charge >= 0.3 is 0 Å². The molecule has 1 saturated heterocycles. The van der Waals surface area contributed by atoms with E-state index in [1.54, 1.807) is 12.4 Å². The van der Waals surface area contributed by atoms with Gasteiger partial charge in [0.05, 0.1) is 17.4 Å². The Kier molecular flexibility index (Phi) is 3.79. The largest absolute Gasteiger partial charge is 0.384 e. The van der Waals surface area contributed by atoms with E-state index in [-0.39, 0.29) is 0 Å². The molecule has 0 amide bonds. The summed E-state index contributed by atoms with van der Waals surface area (Å²) in [6, 6.07) is 7.95. The molecule has 1 aliphatic rings. The summed E-state index contributed by atoms with van der Waals surface area (Å²) in [4.78, 5) is 13.0. The number of aromatic nitrogens is 2. The van der Waals surface area contributed by atoms with Crippen LogP contribution in [0.2, 0.25) is 0 Å². The third-order valence-corrected chi connectivity index (χ3v) is 3.97. The number of hydrogen-bond acceptors (Lipinski definition) is 6. The summed E-state index contributed by atoms with van der Waals surface area (Å²) in [6.07, 6.45) is 3.57. The van der Waals surface area contributed by atoms with Crippen LogP contribution >= 0.6 is 0 Å². The fourth-order valence-corrected chi connectivity index (χ4v) is 2.68. The van der Waals surface area contributed by atoms with Gasteiger partial charge in [0.1, 0.15) is 17.7 Å². The van der Waals surface area contributed by atoms with Crippen LogP contribution < -0.4 is 15.5 Å². The van der Waals surface area contributed by atoms with Crippen molar-refractivity contribution < 1.29 is 0 Å². The smallest absolute Gasteiger partial charge is 0.146 e. The number of hydrogen-bond donors (Lipinski definition) is 1. The highest BCUT2D eigenvalue weighted by Crippen LogP contribution is 2.23. The van der Waals surface area contributed by atoms with E-state index in [2.05, 4.69) is 25.8 Å². The highest BCUT2D eigenvalue weighted by molar-refractivity contribution is 5.58.